The molecule has 0 aromatic heterocycles. The molecule has 122 valence electrons. The summed E-state index contributed by atoms with van der Waals surface area (Å²) in [4.78, 5) is 0. The third kappa shape index (κ3) is 3.75. The van der Waals surface area contributed by atoms with Gasteiger partial charge in [0.25, 0.3) is 0 Å². The van der Waals surface area contributed by atoms with Crippen LogP contribution in [0.1, 0.15) is 44.9 Å². The van der Waals surface area contributed by atoms with Crippen molar-refractivity contribution >= 4 is 25.7 Å². The van der Waals surface area contributed by atoms with Gasteiger partial charge in [-0.1, -0.05) is 19.3 Å². The molecule has 7 nitrogen and oxygen atoms in total. The molecule has 21 heavy (non-hydrogen) atoms. The molecule has 4 N–H and O–H groups in total. The second-order valence-corrected chi connectivity index (χ2v) is 10.3. The maximum Gasteiger partial charge on any atom is 0.215 e. The van der Waals surface area contributed by atoms with Crippen molar-refractivity contribution in [1.82, 2.24) is 4.72 Å². The third-order valence-corrected chi connectivity index (χ3v) is 8.24. The van der Waals surface area contributed by atoms with E-state index in [0.717, 1.165) is 19.3 Å². The highest BCUT2D eigenvalue weighted by Crippen LogP contribution is 2.30. The van der Waals surface area contributed by atoms with Gasteiger partial charge in [0.2, 0.25) is 10.0 Å². The Labute approximate surface area is 126 Å². The molecule has 0 spiro atoms. The summed E-state index contributed by atoms with van der Waals surface area (Å²) in [6.45, 7) is 0. The standard InChI is InChI=1S/C12H23N3O4S2/c13-11(14)12(6-2-1-3-7-12)15-21(18,19)10-4-8-20(16,17)9-5-10/h10,15H,1-9H2,(H3,13,14). The number of hydrogen-bond donors (Lipinski definition) is 3. The molecule has 0 amide bonds. The van der Waals surface area contributed by atoms with Crippen molar-refractivity contribution in [2.45, 2.75) is 55.7 Å². The van der Waals surface area contributed by atoms with E-state index in [2.05, 4.69) is 4.72 Å². The Bertz CT molecular complexity index is 592. The van der Waals surface area contributed by atoms with Crippen LogP contribution in [0.3, 0.4) is 0 Å². The molecular formula is C12H23N3O4S2. The lowest BCUT2D eigenvalue weighted by Crippen LogP contribution is -2.60. The largest absolute Gasteiger partial charge is 0.386 e. The van der Waals surface area contributed by atoms with Crippen molar-refractivity contribution < 1.29 is 16.8 Å². The number of sulfone groups is 1. The monoisotopic (exact) mass is 337 g/mol. The lowest BCUT2D eigenvalue weighted by Gasteiger charge is -2.38. The van der Waals surface area contributed by atoms with Crippen LogP contribution >= 0.6 is 0 Å². The van der Waals surface area contributed by atoms with Crippen molar-refractivity contribution in [3.63, 3.8) is 0 Å². The molecule has 0 atom stereocenters. The average molecular weight is 337 g/mol. The van der Waals surface area contributed by atoms with E-state index in [9.17, 15) is 16.8 Å². The molecule has 1 aliphatic heterocycles. The van der Waals surface area contributed by atoms with Crippen molar-refractivity contribution in [3.05, 3.63) is 0 Å². The van der Waals surface area contributed by atoms with Crippen LogP contribution < -0.4 is 10.5 Å². The molecule has 2 rings (SSSR count). The molecule has 2 aliphatic rings. The fraction of sp³-hybridized carbons (Fsp3) is 0.917. The van der Waals surface area contributed by atoms with Crippen LogP contribution in [0.4, 0.5) is 0 Å². The van der Waals surface area contributed by atoms with Crippen molar-refractivity contribution in [1.29, 1.82) is 5.41 Å². The van der Waals surface area contributed by atoms with Crippen molar-refractivity contribution in [2.24, 2.45) is 5.73 Å². The Morgan fingerprint density at radius 2 is 1.67 bits per heavy atom. The van der Waals surface area contributed by atoms with Crippen LogP contribution in [0.25, 0.3) is 0 Å². The zero-order chi connectivity index (χ0) is 15.7. The number of amidine groups is 1. The van der Waals surface area contributed by atoms with E-state index in [1.54, 1.807) is 0 Å². The first kappa shape index (κ1) is 16.7. The van der Waals surface area contributed by atoms with Crippen molar-refractivity contribution in [2.75, 3.05) is 11.5 Å². The lowest BCUT2D eigenvalue weighted by molar-refractivity contribution is 0.346. The van der Waals surface area contributed by atoms with Gasteiger partial charge >= 0.3 is 0 Å². The van der Waals surface area contributed by atoms with Gasteiger partial charge in [0.1, 0.15) is 15.7 Å². The fourth-order valence-electron chi connectivity index (χ4n) is 3.12. The Morgan fingerprint density at radius 3 is 2.14 bits per heavy atom. The second kappa shape index (κ2) is 5.85. The topological polar surface area (TPSA) is 130 Å². The minimum atomic E-state index is -3.67. The molecule has 1 saturated carbocycles. The number of rotatable bonds is 4. The Balaban J connectivity index is 2.14. The van der Waals surface area contributed by atoms with Gasteiger partial charge in [-0.05, 0) is 25.7 Å². The summed E-state index contributed by atoms with van der Waals surface area (Å²) in [7, 11) is -6.77. The summed E-state index contributed by atoms with van der Waals surface area (Å²) in [6, 6.07) is 0. The smallest absolute Gasteiger partial charge is 0.215 e. The predicted octanol–water partition coefficient (Wildman–Crippen LogP) is 0.122. The van der Waals surface area contributed by atoms with E-state index in [1.165, 1.54) is 0 Å². The number of nitrogens with two attached hydrogens (primary N) is 1. The molecule has 0 unspecified atom stereocenters. The summed E-state index contributed by atoms with van der Waals surface area (Å²) in [5.41, 5.74) is 4.66. The summed E-state index contributed by atoms with van der Waals surface area (Å²) in [5.74, 6) is -0.327. The van der Waals surface area contributed by atoms with Gasteiger partial charge in [-0.15, -0.1) is 0 Å². The van der Waals surface area contributed by atoms with Crippen molar-refractivity contribution in [3.8, 4) is 0 Å². The van der Waals surface area contributed by atoms with E-state index >= 15 is 0 Å². The third-order valence-electron chi connectivity index (χ3n) is 4.50. The van der Waals surface area contributed by atoms with E-state index < -0.39 is 30.6 Å². The van der Waals surface area contributed by atoms with Crippen LogP contribution in [0.15, 0.2) is 0 Å². The lowest BCUT2D eigenvalue weighted by atomic mass is 9.82. The molecule has 0 aromatic carbocycles. The molecule has 2 fully saturated rings. The molecule has 1 saturated heterocycles. The molecular weight excluding hydrogens is 314 g/mol. The van der Waals surface area contributed by atoms with Gasteiger partial charge in [0.15, 0.2) is 0 Å². The molecule has 0 radical (unpaired) electrons. The van der Waals surface area contributed by atoms with Crippen LogP contribution in [0.5, 0.6) is 0 Å². The van der Waals surface area contributed by atoms with Crippen LogP contribution in [0.2, 0.25) is 0 Å². The maximum atomic E-state index is 12.5. The number of hydrogen-bond acceptors (Lipinski definition) is 5. The van der Waals surface area contributed by atoms with E-state index in [-0.39, 0.29) is 30.2 Å². The Hall–Kier alpha value is -0.670. The van der Waals surface area contributed by atoms with Gasteiger partial charge in [-0.3, -0.25) is 5.41 Å². The molecule has 1 aliphatic carbocycles. The highest BCUT2D eigenvalue weighted by Gasteiger charge is 2.42. The SMILES string of the molecule is N=C(N)C1(NS(=O)(=O)C2CCS(=O)(=O)CC2)CCCCC1. The van der Waals surface area contributed by atoms with Gasteiger partial charge in [-0.25, -0.2) is 21.6 Å². The fourth-order valence-corrected chi connectivity index (χ4v) is 6.79. The van der Waals surface area contributed by atoms with E-state index in [1.807, 2.05) is 0 Å². The van der Waals surface area contributed by atoms with Crippen LogP contribution in [-0.4, -0.2) is 45.0 Å². The highest BCUT2D eigenvalue weighted by atomic mass is 32.2. The van der Waals surface area contributed by atoms with Gasteiger partial charge in [0, 0.05) is 0 Å². The minimum Gasteiger partial charge on any atom is -0.386 e. The van der Waals surface area contributed by atoms with Gasteiger partial charge < -0.3 is 5.73 Å². The first-order valence-corrected chi connectivity index (χ1v) is 10.6. The summed E-state index contributed by atoms with van der Waals surface area (Å²) >= 11 is 0. The predicted molar refractivity (Wildman–Crippen MR) is 81.5 cm³/mol. The molecule has 0 bridgehead atoms. The second-order valence-electron chi connectivity index (χ2n) is 6.05. The quantitative estimate of drug-likeness (QED) is 0.495. The minimum absolute atomic E-state index is 0.0916. The van der Waals surface area contributed by atoms with Gasteiger partial charge in [0.05, 0.1) is 22.3 Å². The zero-order valence-corrected chi connectivity index (χ0v) is 13.6. The number of nitrogens with one attached hydrogen (secondary N) is 2. The molecule has 9 heteroatoms. The van der Waals surface area contributed by atoms with E-state index in [0.29, 0.717) is 12.8 Å². The first-order chi connectivity index (χ1) is 9.67. The highest BCUT2D eigenvalue weighted by molar-refractivity contribution is 7.92. The summed E-state index contributed by atoms with van der Waals surface area (Å²) in [6.07, 6.45) is 3.98. The summed E-state index contributed by atoms with van der Waals surface area (Å²) in [5, 5.41) is 7.04. The van der Waals surface area contributed by atoms with Gasteiger partial charge in [-0.2, -0.15) is 0 Å². The van der Waals surface area contributed by atoms with E-state index in [4.69, 9.17) is 11.1 Å². The maximum absolute atomic E-state index is 12.5. The zero-order valence-electron chi connectivity index (χ0n) is 12.0. The van der Waals surface area contributed by atoms with Crippen LogP contribution in [0, 0.1) is 5.41 Å². The molecule has 0 aromatic rings. The van der Waals surface area contributed by atoms with Crippen LogP contribution in [-0.2, 0) is 19.9 Å². The Morgan fingerprint density at radius 1 is 1.14 bits per heavy atom. The molecule has 1 heterocycles. The first-order valence-electron chi connectivity index (χ1n) is 7.25. The normalized spacial score (nSPS) is 26.3. The number of sulfonamides is 1. The average Bonchev–Trinajstić information content (AvgIpc) is 2.38. The Kier molecular flexibility index (Phi) is 4.65. The summed E-state index contributed by atoms with van der Waals surface area (Å²) < 4.78 is 50.5.